The zero-order valence-corrected chi connectivity index (χ0v) is 16.6. The molecule has 2 aromatic carbocycles. The molecular formula is C22H28N2O3. The lowest BCUT2D eigenvalue weighted by Crippen LogP contribution is -2.44. The Morgan fingerprint density at radius 2 is 1.56 bits per heavy atom. The van der Waals surface area contributed by atoms with Gasteiger partial charge in [0.2, 0.25) is 11.8 Å². The number of aryl methyl sites for hydroxylation is 1. The molecule has 0 bridgehead atoms. The first-order valence-electron chi connectivity index (χ1n) is 9.10. The van der Waals surface area contributed by atoms with Crippen molar-refractivity contribution in [2.75, 3.05) is 5.32 Å². The second-order valence-corrected chi connectivity index (χ2v) is 7.44. The summed E-state index contributed by atoms with van der Waals surface area (Å²) in [5.74, 6) is 0.0554. The largest absolute Gasteiger partial charge is 0.491 e. The fourth-order valence-electron chi connectivity index (χ4n) is 2.39. The maximum Gasteiger partial charge on any atom is 0.239 e. The van der Waals surface area contributed by atoms with Crippen LogP contribution >= 0.6 is 0 Å². The molecule has 27 heavy (non-hydrogen) atoms. The quantitative estimate of drug-likeness (QED) is 0.724. The van der Waals surface area contributed by atoms with E-state index in [9.17, 15) is 9.59 Å². The Bertz CT molecular complexity index is 778. The van der Waals surface area contributed by atoms with E-state index < -0.39 is 5.41 Å². The van der Waals surface area contributed by atoms with Crippen LogP contribution in [0.3, 0.4) is 0 Å². The molecule has 0 saturated carbocycles. The van der Waals surface area contributed by atoms with Gasteiger partial charge in [-0.25, -0.2) is 0 Å². The molecule has 0 heterocycles. The van der Waals surface area contributed by atoms with Gasteiger partial charge in [0.1, 0.15) is 11.2 Å². The van der Waals surface area contributed by atoms with Gasteiger partial charge in [-0.05, 0) is 64.4 Å². The van der Waals surface area contributed by atoms with E-state index in [1.165, 1.54) is 0 Å². The summed E-state index contributed by atoms with van der Waals surface area (Å²) in [7, 11) is 0. The Labute approximate surface area is 161 Å². The lowest BCUT2D eigenvalue weighted by Gasteiger charge is -2.23. The topological polar surface area (TPSA) is 67.4 Å². The fraction of sp³-hybridized carbons (Fsp3) is 0.364. The number of rotatable bonds is 7. The summed E-state index contributed by atoms with van der Waals surface area (Å²) in [4.78, 5) is 25.1. The number of carbonyl (C=O) groups excluding carboxylic acids is 2. The standard InChI is InChI=1S/C22H28N2O3/c1-15(2)27-19-12-10-18(11-13-19)24-21(26)22(4,5)20(25)23-14-17-8-6-16(3)7-9-17/h6-13,15H,14H2,1-5H3,(H,23,25)(H,24,26). The van der Waals surface area contributed by atoms with Gasteiger partial charge in [0, 0.05) is 12.2 Å². The molecule has 5 nitrogen and oxygen atoms in total. The maximum atomic E-state index is 12.6. The van der Waals surface area contributed by atoms with Crippen LogP contribution < -0.4 is 15.4 Å². The second kappa shape index (κ2) is 8.71. The van der Waals surface area contributed by atoms with Gasteiger partial charge in [-0.2, -0.15) is 0 Å². The number of anilines is 1. The van der Waals surface area contributed by atoms with E-state index in [0.717, 1.165) is 16.9 Å². The molecule has 2 rings (SSSR count). The molecule has 144 valence electrons. The number of nitrogens with one attached hydrogen (secondary N) is 2. The SMILES string of the molecule is Cc1ccc(CNC(=O)C(C)(C)C(=O)Nc2ccc(OC(C)C)cc2)cc1. The number of hydrogen-bond acceptors (Lipinski definition) is 3. The van der Waals surface area contributed by atoms with E-state index >= 15 is 0 Å². The number of hydrogen-bond donors (Lipinski definition) is 2. The van der Waals surface area contributed by atoms with Crippen molar-refractivity contribution in [3.8, 4) is 5.75 Å². The highest BCUT2D eigenvalue weighted by atomic mass is 16.5. The Morgan fingerprint density at radius 1 is 0.963 bits per heavy atom. The monoisotopic (exact) mass is 368 g/mol. The molecule has 0 spiro atoms. The number of ether oxygens (including phenoxy) is 1. The van der Waals surface area contributed by atoms with Crippen LogP contribution in [0.15, 0.2) is 48.5 Å². The van der Waals surface area contributed by atoms with Crippen LogP contribution in [0.1, 0.15) is 38.8 Å². The molecular weight excluding hydrogens is 340 g/mol. The highest BCUT2D eigenvalue weighted by molar-refractivity contribution is 6.09. The molecule has 5 heteroatoms. The average Bonchev–Trinajstić information content (AvgIpc) is 2.62. The number of benzene rings is 2. The van der Waals surface area contributed by atoms with Gasteiger partial charge in [0.05, 0.1) is 6.10 Å². The lowest BCUT2D eigenvalue weighted by molar-refractivity contribution is -0.138. The minimum Gasteiger partial charge on any atom is -0.491 e. The molecule has 0 saturated heterocycles. The van der Waals surface area contributed by atoms with E-state index in [-0.39, 0.29) is 17.9 Å². The number of carbonyl (C=O) groups is 2. The van der Waals surface area contributed by atoms with Crippen molar-refractivity contribution < 1.29 is 14.3 Å². The first kappa shape index (κ1) is 20.5. The van der Waals surface area contributed by atoms with E-state index in [1.54, 1.807) is 38.1 Å². The third-order valence-electron chi connectivity index (χ3n) is 4.19. The molecule has 0 unspecified atom stereocenters. The Kier molecular flexibility index (Phi) is 6.61. The summed E-state index contributed by atoms with van der Waals surface area (Å²) in [5.41, 5.74) is 1.58. The van der Waals surface area contributed by atoms with Crippen molar-refractivity contribution in [3.05, 3.63) is 59.7 Å². The van der Waals surface area contributed by atoms with Crippen LogP contribution in [0.4, 0.5) is 5.69 Å². The van der Waals surface area contributed by atoms with Gasteiger partial charge in [-0.1, -0.05) is 29.8 Å². The molecule has 0 aliphatic carbocycles. The van der Waals surface area contributed by atoms with Crippen LogP contribution in [0.25, 0.3) is 0 Å². The zero-order chi connectivity index (χ0) is 20.0. The van der Waals surface area contributed by atoms with Crippen molar-refractivity contribution in [2.24, 2.45) is 5.41 Å². The second-order valence-electron chi connectivity index (χ2n) is 7.44. The van der Waals surface area contributed by atoms with E-state index in [4.69, 9.17) is 4.74 Å². The van der Waals surface area contributed by atoms with Gasteiger partial charge < -0.3 is 15.4 Å². The minimum atomic E-state index is -1.20. The third-order valence-corrected chi connectivity index (χ3v) is 4.19. The zero-order valence-electron chi connectivity index (χ0n) is 16.6. The van der Waals surface area contributed by atoms with Crippen LogP contribution in [0.5, 0.6) is 5.75 Å². The molecule has 0 aromatic heterocycles. The van der Waals surface area contributed by atoms with Crippen LogP contribution in [0.2, 0.25) is 0 Å². The molecule has 0 aliphatic rings. The molecule has 0 radical (unpaired) electrons. The highest BCUT2D eigenvalue weighted by Crippen LogP contribution is 2.21. The fourth-order valence-corrected chi connectivity index (χ4v) is 2.39. The molecule has 0 fully saturated rings. The van der Waals surface area contributed by atoms with Gasteiger partial charge in [-0.3, -0.25) is 9.59 Å². The summed E-state index contributed by atoms with van der Waals surface area (Å²) in [5, 5.41) is 5.63. The summed E-state index contributed by atoms with van der Waals surface area (Å²) in [6, 6.07) is 15.0. The molecule has 0 atom stereocenters. The van der Waals surface area contributed by atoms with Crippen LogP contribution in [0, 0.1) is 12.3 Å². The minimum absolute atomic E-state index is 0.0848. The first-order chi connectivity index (χ1) is 12.7. The van der Waals surface area contributed by atoms with Gasteiger partial charge in [0.15, 0.2) is 0 Å². The summed E-state index contributed by atoms with van der Waals surface area (Å²) < 4.78 is 5.58. The predicted octanol–water partition coefficient (Wildman–Crippen LogP) is 4.06. The van der Waals surface area contributed by atoms with E-state index in [2.05, 4.69) is 10.6 Å². The average molecular weight is 368 g/mol. The maximum absolute atomic E-state index is 12.6. The van der Waals surface area contributed by atoms with E-state index in [0.29, 0.717) is 12.2 Å². The Hall–Kier alpha value is -2.82. The van der Waals surface area contributed by atoms with Crippen LogP contribution in [-0.4, -0.2) is 17.9 Å². The lowest BCUT2D eigenvalue weighted by atomic mass is 9.90. The van der Waals surface area contributed by atoms with Crippen molar-refractivity contribution in [1.82, 2.24) is 5.32 Å². The number of amides is 2. The normalized spacial score (nSPS) is 11.2. The molecule has 2 aromatic rings. The molecule has 0 aliphatic heterocycles. The van der Waals surface area contributed by atoms with Gasteiger partial charge in [-0.15, -0.1) is 0 Å². The van der Waals surface area contributed by atoms with Crippen molar-refractivity contribution in [3.63, 3.8) is 0 Å². The Morgan fingerprint density at radius 3 is 2.11 bits per heavy atom. The predicted molar refractivity (Wildman–Crippen MR) is 108 cm³/mol. The smallest absolute Gasteiger partial charge is 0.239 e. The highest BCUT2D eigenvalue weighted by Gasteiger charge is 2.35. The van der Waals surface area contributed by atoms with E-state index in [1.807, 2.05) is 45.0 Å². The molecule has 2 N–H and O–H groups in total. The van der Waals surface area contributed by atoms with Gasteiger partial charge >= 0.3 is 0 Å². The van der Waals surface area contributed by atoms with Crippen molar-refractivity contribution in [2.45, 2.75) is 47.3 Å². The van der Waals surface area contributed by atoms with Crippen LogP contribution in [-0.2, 0) is 16.1 Å². The molecule has 2 amide bonds. The first-order valence-corrected chi connectivity index (χ1v) is 9.10. The van der Waals surface area contributed by atoms with Crippen molar-refractivity contribution in [1.29, 1.82) is 0 Å². The summed E-state index contributed by atoms with van der Waals surface area (Å²) >= 11 is 0. The summed E-state index contributed by atoms with van der Waals surface area (Å²) in [6.07, 6.45) is 0.0848. The van der Waals surface area contributed by atoms with Crippen molar-refractivity contribution >= 4 is 17.5 Å². The summed E-state index contributed by atoms with van der Waals surface area (Å²) in [6.45, 7) is 9.53. The third kappa shape index (κ3) is 5.84. The Balaban J connectivity index is 1.94. The van der Waals surface area contributed by atoms with Gasteiger partial charge in [0.25, 0.3) is 0 Å².